The number of aromatic amines is 1. The summed E-state index contributed by atoms with van der Waals surface area (Å²) in [5.74, 6) is -0.176. The van der Waals surface area contributed by atoms with E-state index in [0.717, 1.165) is 42.3 Å². The van der Waals surface area contributed by atoms with Crippen molar-refractivity contribution in [3.8, 4) is 0 Å². The van der Waals surface area contributed by atoms with Crippen LogP contribution in [0.15, 0.2) is 24.4 Å². The molecule has 1 aliphatic rings. The lowest BCUT2D eigenvalue weighted by molar-refractivity contribution is -0.148. The second-order valence-corrected chi connectivity index (χ2v) is 5.63. The van der Waals surface area contributed by atoms with Crippen LogP contribution in [0.5, 0.6) is 0 Å². The molecule has 1 fully saturated rings. The third kappa shape index (κ3) is 2.71. The average Bonchev–Trinajstić information content (AvgIpc) is 2.97. The van der Waals surface area contributed by atoms with Gasteiger partial charge in [0.15, 0.2) is 6.29 Å². The standard InChI is InChI=1S/C17H20N2O3/c1-2-22-17(21)12-4-3-7-19(10-12)14-5-6-16-15(8-14)13(11-20)9-18-16/h5-6,8-9,11-12,18H,2-4,7,10H2,1H3. The number of aromatic nitrogens is 1. The maximum atomic E-state index is 11.9. The molecule has 0 aliphatic carbocycles. The molecular weight excluding hydrogens is 280 g/mol. The van der Waals surface area contributed by atoms with Crippen LogP contribution in [0.3, 0.4) is 0 Å². The Hall–Kier alpha value is -2.30. The molecule has 1 aromatic carbocycles. The van der Waals surface area contributed by atoms with Gasteiger partial charge in [0.2, 0.25) is 0 Å². The van der Waals surface area contributed by atoms with Crippen LogP contribution in [-0.4, -0.2) is 36.9 Å². The smallest absolute Gasteiger partial charge is 0.310 e. The summed E-state index contributed by atoms with van der Waals surface area (Å²) in [5.41, 5.74) is 2.66. The van der Waals surface area contributed by atoms with Crippen LogP contribution in [0, 0.1) is 5.92 Å². The third-order valence-electron chi connectivity index (χ3n) is 4.23. The predicted molar refractivity (Wildman–Crippen MR) is 85.3 cm³/mol. The number of carbonyl (C=O) groups is 2. The highest BCUT2D eigenvalue weighted by Crippen LogP contribution is 2.28. The number of fused-ring (bicyclic) bond motifs is 1. The molecule has 3 rings (SSSR count). The zero-order valence-electron chi connectivity index (χ0n) is 12.7. The summed E-state index contributed by atoms with van der Waals surface area (Å²) in [6.45, 7) is 3.85. The van der Waals surface area contributed by atoms with Gasteiger partial charge in [0.1, 0.15) is 0 Å². The first kappa shape index (κ1) is 14.6. The number of rotatable bonds is 4. The first-order valence-corrected chi connectivity index (χ1v) is 7.71. The van der Waals surface area contributed by atoms with Crippen LogP contribution in [0.25, 0.3) is 10.9 Å². The highest BCUT2D eigenvalue weighted by molar-refractivity contribution is 5.98. The van der Waals surface area contributed by atoms with Crippen molar-refractivity contribution < 1.29 is 14.3 Å². The molecule has 0 amide bonds. The van der Waals surface area contributed by atoms with Crippen molar-refractivity contribution in [2.45, 2.75) is 19.8 Å². The fourth-order valence-electron chi connectivity index (χ4n) is 3.09. The second-order valence-electron chi connectivity index (χ2n) is 5.63. The fraction of sp³-hybridized carbons (Fsp3) is 0.412. The Labute approximate surface area is 129 Å². The zero-order chi connectivity index (χ0) is 15.5. The van der Waals surface area contributed by atoms with E-state index in [1.807, 2.05) is 25.1 Å². The monoisotopic (exact) mass is 300 g/mol. The number of benzene rings is 1. The van der Waals surface area contributed by atoms with Crippen LogP contribution in [0.1, 0.15) is 30.1 Å². The molecule has 2 aromatic rings. The van der Waals surface area contributed by atoms with E-state index in [9.17, 15) is 9.59 Å². The van der Waals surface area contributed by atoms with Crippen LogP contribution in [-0.2, 0) is 9.53 Å². The minimum absolute atomic E-state index is 0.0684. The van der Waals surface area contributed by atoms with Crippen LogP contribution in [0.2, 0.25) is 0 Å². The summed E-state index contributed by atoms with van der Waals surface area (Å²) >= 11 is 0. The van der Waals surface area contributed by atoms with Crippen molar-refractivity contribution in [3.63, 3.8) is 0 Å². The molecule has 0 radical (unpaired) electrons. The van der Waals surface area contributed by atoms with E-state index in [2.05, 4.69) is 9.88 Å². The van der Waals surface area contributed by atoms with Crippen molar-refractivity contribution in [3.05, 3.63) is 30.0 Å². The van der Waals surface area contributed by atoms with E-state index in [4.69, 9.17) is 4.74 Å². The van der Waals surface area contributed by atoms with Gasteiger partial charge in [0.25, 0.3) is 0 Å². The topological polar surface area (TPSA) is 62.4 Å². The van der Waals surface area contributed by atoms with Crippen molar-refractivity contribution in [1.82, 2.24) is 4.98 Å². The first-order valence-electron chi connectivity index (χ1n) is 7.71. The molecule has 1 aromatic heterocycles. The Kier molecular flexibility index (Phi) is 4.13. The lowest BCUT2D eigenvalue weighted by Gasteiger charge is -2.33. The average molecular weight is 300 g/mol. The van der Waals surface area contributed by atoms with Gasteiger partial charge in [-0.1, -0.05) is 0 Å². The lowest BCUT2D eigenvalue weighted by atomic mass is 9.97. The van der Waals surface area contributed by atoms with Gasteiger partial charge in [-0.15, -0.1) is 0 Å². The summed E-state index contributed by atoms with van der Waals surface area (Å²) < 4.78 is 5.14. The Morgan fingerprint density at radius 1 is 1.50 bits per heavy atom. The van der Waals surface area contributed by atoms with E-state index in [1.165, 1.54) is 0 Å². The Bertz CT molecular complexity index is 692. The third-order valence-corrected chi connectivity index (χ3v) is 4.23. The molecule has 0 saturated carbocycles. The van der Waals surface area contributed by atoms with Gasteiger partial charge in [-0.3, -0.25) is 9.59 Å². The zero-order valence-corrected chi connectivity index (χ0v) is 12.7. The van der Waals surface area contributed by atoms with Crippen molar-refractivity contribution in [2.24, 2.45) is 5.92 Å². The quantitative estimate of drug-likeness (QED) is 0.696. The van der Waals surface area contributed by atoms with E-state index in [0.29, 0.717) is 18.7 Å². The molecule has 22 heavy (non-hydrogen) atoms. The number of anilines is 1. The van der Waals surface area contributed by atoms with Crippen LogP contribution in [0.4, 0.5) is 5.69 Å². The van der Waals surface area contributed by atoms with E-state index < -0.39 is 0 Å². The maximum absolute atomic E-state index is 11.9. The Morgan fingerprint density at radius 3 is 3.14 bits per heavy atom. The molecule has 1 atom stereocenters. The Morgan fingerprint density at radius 2 is 2.36 bits per heavy atom. The van der Waals surface area contributed by atoms with E-state index in [1.54, 1.807) is 6.20 Å². The van der Waals surface area contributed by atoms with Crippen LogP contribution >= 0.6 is 0 Å². The van der Waals surface area contributed by atoms with Gasteiger partial charge in [-0.05, 0) is 38.0 Å². The molecule has 5 nitrogen and oxygen atoms in total. The molecule has 1 aliphatic heterocycles. The SMILES string of the molecule is CCOC(=O)C1CCCN(c2ccc3[nH]cc(C=O)c3c2)C1. The molecule has 5 heteroatoms. The summed E-state index contributed by atoms with van der Waals surface area (Å²) in [4.78, 5) is 28.3. The summed E-state index contributed by atoms with van der Waals surface area (Å²) in [6, 6.07) is 6.02. The molecular formula is C17H20N2O3. The largest absolute Gasteiger partial charge is 0.466 e. The second kappa shape index (κ2) is 6.22. The number of nitrogens with zero attached hydrogens (tertiary/aromatic N) is 1. The molecule has 0 spiro atoms. The number of esters is 1. The predicted octanol–water partition coefficient (Wildman–Crippen LogP) is 2.76. The summed E-state index contributed by atoms with van der Waals surface area (Å²) in [6.07, 6.45) is 4.43. The van der Waals surface area contributed by atoms with Gasteiger partial charge < -0.3 is 14.6 Å². The summed E-state index contributed by atoms with van der Waals surface area (Å²) in [5, 5.41) is 0.922. The van der Waals surface area contributed by atoms with Crippen molar-refractivity contribution in [1.29, 1.82) is 0 Å². The highest BCUT2D eigenvalue weighted by Gasteiger charge is 2.27. The number of hydrogen-bond donors (Lipinski definition) is 1. The van der Waals surface area contributed by atoms with E-state index in [-0.39, 0.29) is 11.9 Å². The highest BCUT2D eigenvalue weighted by atomic mass is 16.5. The lowest BCUT2D eigenvalue weighted by Crippen LogP contribution is -2.39. The molecule has 1 saturated heterocycles. The van der Waals surface area contributed by atoms with Gasteiger partial charge in [-0.2, -0.15) is 0 Å². The normalized spacial score (nSPS) is 18.4. The van der Waals surface area contributed by atoms with Gasteiger partial charge in [0.05, 0.1) is 12.5 Å². The molecule has 116 valence electrons. The number of carbonyl (C=O) groups excluding carboxylic acids is 2. The molecule has 2 heterocycles. The van der Waals surface area contributed by atoms with E-state index >= 15 is 0 Å². The molecule has 1 N–H and O–H groups in total. The minimum Gasteiger partial charge on any atom is -0.466 e. The number of hydrogen-bond acceptors (Lipinski definition) is 4. The van der Waals surface area contributed by atoms with Gasteiger partial charge in [-0.25, -0.2) is 0 Å². The number of ether oxygens (including phenoxy) is 1. The minimum atomic E-state index is -0.108. The Balaban J connectivity index is 1.83. The molecule has 1 unspecified atom stereocenters. The number of H-pyrrole nitrogens is 1. The maximum Gasteiger partial charge on any atom is 0.310 e. The van der Waals surface area contributed by atoms with Crippen molar-refractivity contribution >= 4 is 28.8 Å². The van der Waals surface area contributed by atoms with Gasteiger partial charge >= 0.3 is 5.97 Å². The number of nitrogens with one attached hydrogen (secondary N) is 1. The fourth-order valence-corrected chi connectivity index (χ4v) is 3.09. The first-order chi connectivity index (χ1) is 10.7. The number of aldehydes is 1. The van der Waals surface area contributed by atoms with Gasteiger partial charge in [0, 0.05) is 41.4 Å². The number of piperidine rings is 1. The van der Waals surface area contributed by atoms with Crippen LogP contribution < -0.4 is 4.90 Å². The molecule has 0 bridgehead atoms. The summed E-state index contributed by atoms with van der Waals surface area (Å²) in [7, 11) is 0. The van der Waals surface area contributed by atoms with Crippen molar-refractivity contribution in [2.75, 3.05) is 24.6 Å².